The van der Waals surface area contributed by atoms with Crippen molar-refractivity contribution < 1.29 is 45.4 Å². The van der Waals surface area contributed by atoms with Crippen LogP contribution in [0.25, 0.3) is 6.08 Å². The third kappa shape index (κ3) is 7.35. The Kier molecular flexibility index (Phi) is 8.31. The van der Waals surface area contributed by atoms with Gasteiger partial charge in [0.1, 0.15) is 24.7 Å². The van der Waals surface area contributed by atoms with Gasteiger partial charge in [0.05, 0.1) is 20.5 Å². The van der Waals surface area contributed by atoms with Gasteiger partial charge in [-0.15, -0.1) is 0 Å². The molecule has 4 rings (SSSR count). The molecule has 2 amide bonds. The van der Waals surface area contributed by atoms with Gasteiger partial charge in [0.15, 0.2) is 0 Å². The van der Waals surface area contributed by atoms with Crippen LogP contribution < -0.4 is 14.8 Å². The molecule has 0 radical (unpaired) electrons. The third-order valence-corrected chi connectivity index (χ3v) is 6.77. The van der Waals surface area contributed by atoms with E-state index in [4.69, 9.17) is 9.47 Å². The van der Waals surface area contributed by atoms with Gasteiger partial charge in [-0.3, -0.25) is 14.9 Å². The zero-order valence-corrected chi connectivity index (χ0v) is 21.9. The summed E-state index contributed by atoms with van der Waals surface area (Å²) in [5.41, 5.74) is -0.349. The first-order valence-corrected chi connectivity index (χ1v) is 12.6. The summed E-state index contributed by atoms with van der Waals surface area (Å²) in [4.78, 5) is 23.7. The highest BCUT2D eigenvalue weighted by Crippen LogP contribution is 2.38. The summed E-state index contributed by atoms with van der Waals surface area (Å²) >= 11 is 4.04. The van der Waals surface area contributed by atoms with Crippen molar-refractivity contribution in [3.05, 3.63) is 97.9 Å². The quantitative estimate of drug-likeness (QED) is 0.212. The maximum absolute atomic E-state index is 12.9. The molecule has 0 aromatic heterocycles. The predicted octanol–water partition coefficient (Wildman–Crippen LogP) is 7.97. The Labute approximate surface area is 230 Å². The van der Waals surface area contributed by atoms with E-state index in [2.05, 4.69) is 21.2 Å². The molecule has 3 aromatic rings. The number of rotatable bonds is 7. The average molecular weight is 632 g/mol. The van der Waals surface area contributed by atoms with E-state index in [1.165, 1.54) is 36.4 Å². The molecule has 13 heteroatoms. The lowest BCUT2D eigenvalue weighted by Gasteiger charge is -2.15. The molecule has 0 saturated carbocycles. The van der Waals surface area contributed by atoms with Crippen LogP contribution in [0.2, 0.25) is 0 Å². The lowest BCUT2D eigenvalue weighted by Crippen LogP contribution is -2.17. The van der Waals surface area contributed by atoms with E-state index in [0.717, 1.165) is 24.3 Å². The standard InChI is InChI=1S/C26H16BrF6NO4S/c27-19-9-16(10-22-23(35)34-24(36)39-22)20(37-12-14-1-5-17(6-2-14)25(28,29)30)11-21(19)38-13-15-3-7-18(8-4-15)26(31,32)33/h1-11H,12-13H2,(H,34,35,36)/b22-10-. The number of halogens is 7. The number of carbonyl (C=O) groups excluding carboxylic acids is 2. The summed E-state index contributed by atoms with van der Waals surface area (Å²) in [7, 11) is 0. The number of benzene rings is 3. The van der Waals surface area contributed by atoms with Crippen molar-refractivity contribution in [1.29, 1.82) is 0 Å². The van der Waals surface area contributed by atoms with E-state index >= 15 is 0 Å². The molecule has 1 N–H and O–H groups in total. The Morgan fingerprint density at radius 3 is 1.69 bits per heavy atom. The number of nitrogens with one attached hydrogen (secondary N) is 1. The number of thioether (sulfide) groups is 1. The molecule has 0 unspecified atom stereocenters. The molecule has 0 aliphatic carbocycles. The summed E-state index contributed by atoms with van der Waals surface area (Å²) in [5.74, 6) is -0.169. The van der Waals surface area contributed by atoms with Crippen LogP contribution in [0.5, 0.6) is 11.5 Å². The van der Waals surface area contributed by atoms with Crippen molar-refractivity contribution in [1.82, 2.24) is 5.32 Å². The van der Waals surface area contributed by atoms with Gasteiger partial charge in [-0.1, -0.05) is 24.3 Å². The Balaban J connectivity index is 1.58. The molecule has 0 spiro atoms. The first-order valence-electron chi connectivity index (χ1n) is 11.0. The topological polar surface area (TPSA) is 64.6 Å². The number of ether oxygens (including phenoxy) is 2. The van der Waals surface area contributed by atoms with Crippen molar-refractivity contribution >= 4 is 44.9 Å². The smallest absolute Gasteiger partial charge is 0.416 e. The largest absolute Gasteiger partial charge is 0.488 e. The number of carbonyl (C=O) groups is 2. The van der Waals surface area contributed by atoms with E-state index in [9.17, 15) is 35.9 Å². The van der Waals surface area contributed by atoms with Crippen LogP contribution in [-0.4, -0.2) is 11.1 Å². The molecule has 0 atom stereocenters. The maximum Gasteiger partial charge on any atom is 0.416 e. The lowest BCUT2D eigenvalue weighted by molar-refractivity contribution is -0.138. The minimum absolute atomic E-state index is 0.0811. The van der Waals surface area contributed by atoms with Gasteiger partial charge in [-0.2, -0.15) is 26.3 Å². The van der Waals surface area contributed by atoms with Crippen LogP contribution in [0.4, 0.5) is 31.1 Å². The fraction of sp³-hybridized carbons (Fsp3) is 0.154. The second kappa shape index (κ2) is 11.3. The van der Waals surface area contributed by atoms with Gasteiger partial charge in [-0.25, -0.2) is 0 Å². The van der Waals surface area contributed by atoms with E-state index < -0.39 is 34.6 Å². The SMILES string of the molecule is O=C1NC(=O)/C(=C/c2cc(Br)c(OCc3ccc(C(F)(F)F)cc3)cc2OCc2ccc(C(F)(F)F)cc2)S1. The fourth-order valence-electron chi connectivity index (χ4n) is 3.36. The summed E-state index contributed by atoms with van der Waals surface area (Å²) in [6.07, 6.45) is -7.54. The van der Waals surface area contributed by atoms with E-state index in [1.807, 2.05) is 0 Å². The highest BCUT2D eigenvalue weighted by atomic mass is 79.9. The van der Waals surface area contributed by atoms with Crippen LogP contribution in [0.1, 0.15) is 27.8 Å². The van der Waals surface area contributed by atoms with Crippen LogP contribution >= 0.6 is 27.7 Å². The molecular weight excluding hydrogens is 616 g/mol. The molecule has 204 valence electrons. The summed E-state index contributed by atoms with van der Waals surface area (Å²) in [6.45, 7) is -0.213. The molecule has 1 fully saturated rings. The zero-order valence-electron chi connectivity index (χ0n) is 19.5. The summed E-state index contributed by atoms with van der Waals surface area (Å²) in [5, 5.41) is 1.59. The molecular formula is C26H16BrF6NO4S. The molecule has 39 heavy (non-hydrogen) atoms. The third-order valence-electron chi connectivity index (χ3n) is 5.34. The van der Waals surface area contributed by atoms with E-state index in [-0.39, 0.29) is 29.6 Å². The zero-order chi connectivity index (χ0) is 28.4. The Hall–Kier alpha value is -3.45. The lowest BCUT2D eigenvalue weighted by atomic mass is 10.1. The molecule has 3 aromatic carbocycles. The molecule has 1 aliphatic rings. The Morgan fingerprint density at radius 1 is 0.769 bits per heavy atom. The first kappa shape index (κ1) is 28.6. The Morgan fingerprint density at radius 2 is 1.26 bits per heavy atom. The monoisotopic (exact) mass is 631 g/mol. The maximum atomic E-state index is 12.9. The predicted molar refractivity (Wildman–Crippen MR) is 135 cm³/mol. The summed E-state index contributed by atoms with van der Waals surface area (Å²) in [6, 6.07) is 11.8. The highest BCUT2D eigenvalue weighted by molar-refractivity contribution is 9.10. The van der Waals surface area contributed by atoms with Crippen molar-refractivity contribution in [2.45, 2.75) is 25.6 Å². The van der Waals surface area contributed by atoms with Gasteiger partial charge in [0.2, 0.25) is 0 Å². The van der Waals surface area contributed by atoms with Crippen LogP contribution in [-0.2, 0) is 30.4 Å². The van der Waals surface area contributed by atoms with Gasteiger partial charge >= 0.3 is 12.4 Å². The van der Waals surface area contributed by atoms with Crippen molar-refractivity contribution in [3.63, 3.8) is 0 Å². The minimum atomic E-state index is -4.49. The van der Waals surface area contributed by atoms with Gasteiger partial charge in [0.25, 0.3) is 11.1 Å². The van der Waals surface area contributed by atoms with E-state index in [0.29, 0.717) is 32.9 Å². The first-order chi connectivity index (χ1) is 18.3. The van der Waals surface area contributed by atoms with E-state index in [1.54, 1.807) is 6.07 Å². The van der Waals surface area contributed by atoms with Crippen LogP contribution in [0, 0.1) is 0 Å². The molecule has 1 saturated heterocycles. The van der Waals surface area contributed by atoms with Crippen molar-refractivity contribution in [3.8, 4) is 11.5 Å². The van der Waals surface area contributed by atoms with Gasteiger partial charge in [0, 0.05) is 11.6 Å². The number of hydrogen-bond donors (Lipinski definition) is 1. The number of hydrogen-bond acceptors (Lipinski definition) is 5. The second-order valence-electron chi connectivity index (χ2n) is 8.14. The van der Waals surface area contributed by atoms with Crippen molar-refractivity contribution in [2.75, 3.05) is 0 Å². The fourth-order valence-corrected chi connectivity index (χ4v) is 4.51. The minimum Gasteiger partial charge on any atom is -0.488 e. The van der Waals surface area contributed by atoms with Crippen LogP contribution in [0.15, 0.2) is 70.0 Å². The highest BCUT2D eigenvalue weighted by Gasteiger charge is 2.31. The normalized spacial score (nSPS) is 15.0. The molecule has 5 nitrogen and oxygen atoms in total. The number of alkyl halides is 6. The number of imide groups is 1. The summed E-state index contributed by atoms with van der Waals surface area (Å²) < 4.78 is 89.0. The number of amides is 2. The Bertz CT molecular complexity index is 1420. The van der Waals surface area contributed by atoms with Gasteiger partial charge < -0.3 is 9.47 Å². The molecule has 1 aliphatic heterocycles. The van der Waals surface area contributed by atoms with Crippen molar-refractivity contribution in [2.24, 2.45) is 0 Å². The van der Waals surface area contributed by atoms with Crippen LogP contribution in [0.3, 0.4) is 0 Å². The van der Waals surface area contributed by atoms with Gasteiger partial charge in [-0.05, 0) is 75.2 Å². The average Bonchev–Trinajstić information content (AvgIpc) is 3.18. The molecule has 0 bridgehead atoms. The second-order valence-corrected chi connectivity index (χ2v) is 10.0. The molecule has 1 heterocycles.